The van der Waals surface area contributed by atoms with Gasteiger partial charge in [0.05, 0.1) is 18.4 Å². The minimum Gasteiger partial charge on any atom is -0.350 e. The van der Waals surface area contributed by atoms with E-state index in [1.54, 1.807) is 4.90 Å². The zero-order chi connectivity index (χ0) is 23.6. The van der Waals surface area contributed by atoms with Crippen LogP contribution in [0.1, 0.15) is 53.9 Å². The number of imide groups is 1. The van der Waals surface area contributed by atoms with Crippen LogP contribution in [0.3, 0.4) is 0 Å². The first-order valence-corrected chi connectivity index (χ1v) is 11.8. The number of hydrogen-bond acceptors (Lipinski definition) is 5. The number of piperazine rings is 1. The number of fused-ring (bicyclic) bond motifs is 1. The molecule has 0 saturated carbocycles. The highest BCUT2D eigenvalue weighted by Gasteiger charge is 2.51. The minimum atomic E-state index is -0.740. The molecule has 2 fully saturated rings. The molecule has 178 valence electrons. The molecule has 4 amide bonds. The molecule has 0 aromatic heterocycles. The first kappa shape index (κ1) is 24.4. The van der Waals surface area contributed by atoms with Gasteiger partial charge in [-0.3, -0.25) is 29.0 Å². The summed E-state index contributed by atoms with van der Waals surface area (Å²) in [4.78, 5) is 57.0. The van der Waals surface area contributed by atoms with Crippen molar-refractivity contribution in [3.63, 3.8) is 0 Å². The number of allylic oxidation sites excluding steroid dienone is 2. The Labute approximate surface area is 191 Å². The van der Waals surface area contributed by atoms with Crippen molar-refractivity contribution in [1.29, 1.82) is 0 Å². The van der Waals surface area contributed by atoms with Crippen LogP contribution in [0, 0.1) is 17.8 Å². The van der Waals surface area contributed by atoms with Gasteiger partial charge in [0, 0.05) is 31.7 Å². The monoisotopic (exact) mass is 446 g/mol. The number of rotatable bonds is 6. The first-order chi connectivity index (χ1) is 15.0. The Morgan fingerprint density at radius 2 is 1.53 bits per heavy atom. The van der Waals surface area contributed by atoms with Gasteiger partial charge in [-0.1, -0.05) is 26.0 Å². The van der Waals surface area contributed by atoms with Crippen molar-refractivity contribution >= 4 is 23.6 Å². The summed E-state index contributed by atoms with van der Waals surface area (Å²) >= 11 is 0. The predicted molar refractivity (Wildman–Crippen MR) is 121 cm³/mol. The molecule has 1 aliphatic carbocycles. The van der Waals surface area contributed by atoms with E-state index >= 15 is 0 Å². The van der Waals surface area contributed by atoms with Gasteiger partial charge in [0.1, 0.15) is 6.04 Å². The molecule has 0 radical (unpaired) electrons. The average Bonchev–Trinajstić information content (AvgIpc) is 2.95. The van der Waals surface area contributed by atoms with Crippen molar-refractivity contribution in [1.82, 2.24) is 20.0 Å². The molecule has 2 saturated heterocycles. The molecule has 0 spiro atoms. The molecular formula is C24H38N4O4. The average molecular weight is 447 g/mol. The highest BCUT2D eigenvalue weighted by Crippen LogP contribution is 2.37. The van der Waals surface area contributed by atoms with Gasteiger partial charge >= 0.3 is 0 Å². The number of nitrogens with one attached hydrogen (secondary N) is 1. The van der Waals surface area contributed by atoms with Gasteiger partial charge in [0.15, 0.2) is 0 Å². The molecule has 0 aromatic carbocycles. The summed E-state index contributed by atoms with van der Waals surface area (Å²) < 4.78 is 0. The van der Waals surface area contributed by atoms with Gasteiger partial charge in [-0.2, -0.15) is 0 Å². The van der Waals surface area contributed by atoms with E-state index in [2.05, 4.69) is 5.32 Å². The van der Waals surface area contributed by atoms with Gasteiger partial charge in [-0.15, -0.1) is 0 Å². The third-order valence-electron chi connectivity index (χ3n) is 6.40. The maximum absolute atomic E-state index is 13.5. The third-order valence-corrected chi connectivity index (χ3v) is 6.40. The lowest BCUT2D eigenvalue weighted by atomic mass is 9.85. The second kappa shape index (κ2) is 9.73. The van der Waals surface area contributed by atoms with Crippen LogP contribution in [0.5, 0.6) is 0 Å². The fourth-order valence-corrected chi connectivity index (χ4v) is 4.89. The maximum Gasteiger partial charge on any atom is 0.245 e. The standard InChI is InChI=1S/C24H38N4O4/c1-16(2)14-19(28-21(30)17-8-6-7-9-18(17)22(28)31)23(32)27-12-10-26(11-13-27)15-20(29)25-24(3,4)5/h6-7,16-19H,8-15H2,1-5H3,(H,25,29). The second-order valence-corrected chi connectivity index (χ2v) is 10.7. The lowest BCUT2D eigenvalue weighted by Crippen LogP contribution is -2.57. The lowest BCUT2D eigenvalue weighted by molar-refractivity contribution is -0.153. The van der Waals surface area contributed by atoms with Gasteiger partial charge in [-0.25, -0.2) is 0 Å². The van der Waals surface area contributed by atoms with E-state index in [-0.39, 0.29) is 46.9 Å². The Hall–Kier alpha value is -2.22. The SMILES string of the molecule is CC(C)CC(C(=O)N1CCN(CC(=O)NC(C)(C)C)CC1)N1C(=O)C2CC=CCC2C1=O. The Balaban J connectivity index is 1.64. The summed E-state index contributed by atoms with van der Waals surface area (Å²) in [5, 5.41) is 2.96. The van der Waals surface area contributed by atoms with E-state index in [1.165, 1.54) is 4.90 Å². The Kier molecular flexibility index (Phi) is 7.43. The zero-order valence-electron chi connectivity index (χ0n) is 20.1. The third kappa shape index (κ3) is 5.57. The van der Waals surface area contributed by atoms with Crippen LogP contribution in [0.2, 0.25) is 0 Å². The highest BCUT2D eigenvalue weighted by atomic mass is 16.2. The van der Waals surface area contributed by atoms with E-state index in [4.69, 9.17) is 0 Å². The lowest BCUT2D eigenvalue weighted by Gasteiger charge is -2.38. The topological polar surface area (TPSA) is 90.0 Å². The Bertz CT molecular complexity index is 751. The molecule has 2 aliphatic heterocycles. The Morgan fingerprint density at radius 1 is 1.00 bits per heavy atom. The predicted octanol–water partition coefficient (Wildman–Crippen LogP) is 1.41. The van der Waals surface area contributed by atoms with Gasteiger partial charge < -0.3 is 10.2 Å². The van der Waals surface area contributed by atoms with E-state index in [1.807, 2.05) is 51.7 Å². The number of hydrogen-bond donors (Lipinski definition) is 1. The van der Waals surface area contributed by atoms with Crippen molar-refractivity contribution in [2.75, 3.05) is 32.7 Å². The quantitative estimate of drug-likeness (QED) is 0.492. The first-order valence-electron chi connectivity index (χ1n) is 11.8. The number of amides is 4. The van der Waals surface area contributed by atoms with Crippen LogP contribution < -0.4 is 5.32 Å². The summed E-state index contributed by atoms with van der Waals surface area (Å²) in [7, 11) is 0. The summed E-state index contributed by atoms with van der Waals surface area (Å²) in [5.41, 5.74) is -0.277. The Morgan fingerprint density at radius 3 is 2.00 bits per heavy atom. The normalized spacial score (nSPS) is 25.3. The van der Waals surface area contributed by atoms with Crippen LogP contribution in [0.15, 0.2) is 12.2 Å². The smallest absolute Gasteiger partial charge is 0.245 e. The largest absolute Gasteiger partial charge is 0.350 e. The maximum atomic E-state index is 13.5. The van der Waals surface area contributed by atoms with Gasteiger partial charge in [-0.05, 0) is 46.0 Å². The molecule has 32 heavy (non-hydrogen) atoms. The van der Waals surface area contributed by atoms with Crippen LogP contribution in [-0.4, -0.2) is 82.6 Å². The fourth-order valence-electron chi connectivity index (χ4n) is 4.89. The van der Waals surface area contributed by atoms with E-state index in [9.17, 15) is 19.2 Å². The molecule has 3 atom stereocenters. The molecule has 3 rings (SSSR count). The fraction of sp³-hybridized carbons (Fsp3) is 0.750. The van der Waals surface area contributed by atoms with E-state index in [0.29, 0.717) is 52.0 Å². The number of likely N-dealkylation sites (tertiary alicyclic amines) is 1. The zero-order valence-corrected chi connectivity index (χ0v) is 20.1. The van der Waals surface area contributed by atoms with Crippen molar-refractivity contribution in [2.24, 2.45) is 17.8 Å². The van der Waals surface area contributed by atoms with Crippen LogP contribution in [-0.2, 0) is 19.2 Å². The van der Waals surface area contributed by atoms with Crippen LogP contribution in [0.25, 0.3) is 0 Å². The molecular weight excluding hydrogens is 408 g/mol. The van der Waals surface area contributed by atoms with Crippen LogP contribution >= 0.6 is 0 Å². The van der Waals surface area contributed by atoms with Crippen molar-refractivity contribution in [2.45, 2.75) is 65.5 Å². The van der Waals surface area contributed by atoms with Gasteiger partial charge in [0.2, 0.25) is 23.6 Å². The highest BCUT2D eigenvalue weighted by molar-refractivity contribution is 6.08. The molecule has 0 bridgehead atoms. The molecule has 8 nitrogen and oxygen atoms in total. The summed E-state index contributed by atoms with van der Waals surface area (Å²) in [6.45, 7) is 12.3. The summed E-state index contributed by atoms with van der Waals surface area (Å²) in [5.74, 6) is -1.04. The minimum absolute atomic E-state index is 0.0283. The second-order valence-electron chi connectivity index (χ2n) is 10.7. The molecule has 8 heteroatoms. The summed E-state index contributed by atoms with van der Waals surface area (Å²) in [6, 6.07) is -0.740. The van der Waals surface area contributed by atoms with Crippen molar-refractivity contribution < 1.29 is 19.2 Å². The molecule has 2 heterocycles. The van der Waals surface area contributed by atoms with Crippen molar-refractivity contribution in [3.05, 3.63) is 12.2 Å². The van der Waals surface area contributed by atoms with Crippen molar-refractivity contribution in [3.8, 4) is 0 Å². The summed E-state index contributed by atoms with van der Waals surface area (Å²) in [6.07, 6.45) is 5.54. The number of carbonyl (C=O) groups excluding carboxylic acids is 4. The van der Waals surface area contributed by atoms with Crippen LogP contribution in [0.4, 0.5) is 0 Å². The van der Waals surface area contributed by atoms with E-state index < -0.39 is 6.04 Å². The number of carbonyl (C=O) groups is 4. The molecule has 3 unspecified atom stereocenters. The van der Waals surface area contributed by atoms with E-state index in [0.717, 1.165) is 0 Å². The van der Waals surface area contributed by atoms with Gasteiger partial charge in [0.25, 0.3) is 0 Å². The number of nitrogens with zero attached hydrogens (tertiary/aromatic N) is 3. The molecule has 1 N–H and O–H groups in total. The molecule has 0 aromatic rings. The molecule has 3 aliphatic rings.